The van der Waals surface area contributed by atoms with Gasteiger partial charge in [-0.25, -0.2) is 0 Å². The summed E-state index contributed by atoms with van der Waals surface area (Å²) in [5.41, 5.74) is 7.32. The predicted octanol–water partition coefficient (Wildman–Crippen LogP) is 8.10. The lowest BCUT2D eigenvalue weighted by Gasteiger charge is -2.34. The van der Waals surface area contributed by atoms with Crippen LogP contribution in [-0.4, -0.2) is 39.2 Å². The number of amides is 2. The van der Waals surface area contributed by atoms with E-state index >= 15 is 0 Å². The molecule has 1 aliphatic carbocycles. The first-order valence-corrected chi connectivity index (χ1v) is 16.5. The Hall–Kier alpha value is -6.54. The van der Waals surface area contributed by atoms with Gasteiger partial charge in [-0.2, -0.15) is 0 Å². The van der Waals surface area contributed by atoms with Gasteiger partial charge >= 0.3 is 0 Å². The Labute approximate surface area is 296 Å². The van der Waals surface area contributed by atoms with Gasteiger partial charge in [-0.15, -0.1) is 0 Å². The zero-order valence-electron chi connectivity index (χ0n) is 28.2. The number of anilines is 2. The van der Waals surface area contributed by atoms with E-state index in [2.05, 4.69) is 83.4 Å². The van der Waals surface area contributed by atoms with E-state index in [1.807, 2.05) is 48.5 Å². The molecule has 0 radical (unpaired) electrons. The van der Waals surface area contributed by atoms with E-state index in [0.717, 1.165) is 33.4 Å². The van der Waals surface area contributed by atoms with E-state index in [1.54, 1.807) is 38.5 Å². The molecule has 6 aromatic carbocycles. The standard InChI is InChI=1S/C43H36N2O6/c1-48-37-15-7-9-17-39(37)50-27-41(46)44-31-23-19-29(20-24-31)43(35-13-5-3-11-33(35)34-12-4-6-14-36(34)43)30-21-25-32(26-22-30)45-42(47)28-51-40-18-10-8-16-38(40)49-2/h3-26H,27-28H2,1-2H3,(H,44,46)(H,45,47). The van der Waals surface area contributed by atoms with Crippen LogP contribution in [0.4, 0.5) is 11.4 Å². The fraction of sp³-hybridized carbons (Fsp3) is 0.116. The molecule has 7 rings (SSSR count). The summed E-state index contributed by atoms with van der Waals surface area (Å²) in [5.74, 6) is 1.54. The Balaban J connectivity index is 1.15. The topological polar surface area (TPSA) is 95.1 Å². The third-order valence-corrected chi connectivity index (χ3v) is 9.01. The van der Waals surface area contributed by atoms with Crippen LogP contribution in [0.25, 0.3) is 11.1 Å². The molecule has 2 N–H and O–H groups in total. The highest BCUT2D eigenvalue weighted by atomic mass is 16.5. The van der Waals surface area contributed by atoms with Crippen LogP contribution in [0, 0.1) is 0 Å². The second kappa shape index (κ2) is 14.5. The molecule has 0 aliphatic heterocycles. The van der Waals surface area contributed by atoms with Crippen molar-refractivity contribution in [1.82, 2.24) is 0 Å². The molecule has 6 aromatic rings. The van der Waals surface area contributed by atoms with Gasteiger partial charge in [-0.05, 0) is 81.9 Å². The molecular weight excluding hydrogens is 640 g/mol. The molecule has 0 saturated heterocycles. The second-order valence-corrected chi connectivity index (χ2v) is 12.0. The molecule has 254 valence electrons. The van der Waals surface area contributed by atoms with Crippen LogP contribution in [0.1, 0.15) is 22.3 Å². The highest BCUT2D eigenvalue weighted by Crippen LogP contribution is 2.56. The summed E-state index contributed by atoms with van der Waals surface area (Å²) in [4.78, 5) is 25.7. The van der Waals surface area contributed by atoms with Gasteiger partial charge in [0, 0.05) is 11.4 Å². The molecule has 0 heterocycles. The van der Waals surface area contributed by atoms with Crippen molar-refractivity contribution in [3.05, 3.63) is 168 Å². The summed E-state index contributed by atoms with van der Waals surface area (Å²) in [5, 5.41) is 5.90. The number of fused-ring (bicyclic) bond motifs is 3. The fourth-order valence-corrected chi connectivity index (χ4v) is 6.79. The maximum absolute atomic E-state index is 12.9. The van der Waals surface area contributed by atoms with Gasteiger partial charge in [-0.3, -0.25) is 9.59 Å². The zero-order valence-corrected chi connectivity index (χ0v) is 28.2. The SMILES string of the molecule is COc1ccccc1OCC(=O)Nc1ccc(C2(c3ccc(NC(=O)COc4ccccc4OC)cc3)c3ccccc3-c3ccccc32)cc1. The van der Waals surface area contributed by atoms with Crippen LogP contribution in [0.15, 0.2) is 146 Å². The van der Waals surface area contributed by atoms with Gasteiger partial charge in [-0.1, -0.05) is 97.1 Å². The third kappa shape index (κ3) is 6.47. The lowest BCUT2D eigenvalue weighted by molar-refractivity contribution is -0.118. The normalized spacial score (nSPS) is 12.2. The number of nitrogens with one attached hydrogen (secondary N) is 2. The Morgan fingerprint density at radius 1 is 0.471 bits per heavy atom. The van der Waals surface area contributed by atoms with E-state index in [-0.39, 0.29) is 25.0 Å². The van der Waals surface area contributed by atoms with Crippen LogP contribution in [0.5, 0.6) is 23.0 Å². The number of ether oxygens (including phenoxy) is 4. The number of benzene rings is 6. The largest absolute Gasteiger partial charge is 0.493 e. The highest BCUT2D eigenvalue weighted by molar-refractivity contribution is 5.93. The molecule has 8 heteroatoms. The zero-order chi connectivity index (χ0) is 35.2. The van der Waals surface area contributed by atoms with Gasteiger partial charge < -0.3 is 29.6 Å². The van der Waals surface area contributed by atoms with E-state index in [4.69, 9.17) is 18.9 Å². The average Bonchev–Trinajstić information content (AvgIpc) is 3.48. The first-order valence-electron chi connectivity index (χ1n) is 16.5. The van der Waals surface area contributed by atoms with E-state index in [9.17, 15) is 9.59 Å². The summed E-state index contributed by atoms with van der Waals surface area (Å²) >= 11 is 0. The summed E-state index contributed by atoms with van der Waals surface area (Å²) in [6, 6.07) is 47.2. The first kappa shape index (κ1) is 33.0. The number of carbonyl (C=O) groups excluding carboxylic acids is 2. The van der Waals surface area contributed by atoms with Gasteiger partial charge in [0.15, 0.2) is 36.2 Å². The highest BCUT2D eigenvalue weighted by Gasteiger charge is 2.45. The summed E-state index contributed by atoms with van der Waals surface area (Å²) < 4.78 is 22.1. The van der Waals surface area contributed by atoms with Crippen LogP contribution >= 0.6 is 0 Å². The second-order valence-electron chi connectivity index (χ2n) is 12.0. The van der Waals surface area contributed by atoms with Crippen molar-refractivity contribution in [2.75, 3.05) is 38.1 Å². The number of hydrogen-bond acceptors (Lipinski definition) is 6. The average molecular weight is 677 g/mol. The molecule has 8 nitrogen and oxygen atoms in total. The molecule has 0 unspecified atom stereocenters. The Morgan fingerprint density at radius 3 is 1.22 bits per heavy atom. The molecule has 0 spiro atoms. The smallest absolute Gasteiger partial charge is 0.262 e. The summed E-state index contributed by atoms with van der Waals surface area (Å²) in [7, 11) is 3.12. The number of rotatable bonds is 12. The Kier molecular flexibility index (Phi) is 9.39. The number of hydrogen-bond donors (Lipinski definition) is 2. The molecule has 0 aromatic heterocycles. The van der Waals surface area contributed by atoms with Crippen LogP contribution in [-0.2, 0) is 15.0 Å². The number of methoxy groups -OCH3 is 2. The lowest BCUT2D eigenvalue weighted by atomic mass is 9.67. The minimum atomic E-state index is -0.655. The van der Waals surface area contributed by atoms with Crippen molar-refractivity contribution in [2.45, 2.75) is 5.41 Å². The van der Waals surface area contributed by atoms with E-state index < -0.39 is 5.41 Å². The molecule has 2 amide bonds. The quantitative estimate of drug-likeness (QED) is 0.136. The first-order chi connectivity index (χ1) is 25.0. The summed E-state index contributed by atoms with van der Waals surface area (Å²) in [6.07, 6.45) is 0. The van der Waals surface area contributed by atoms with Crippen molar-refractivity contribution in [1.29, 1.82) is 0 Å². The molecule has 1 aliphatic rings. The predicted molar refractivity (Wildman–Crippen MR) is 198 cm³/mol. The fourth-order valence-electron chi connectivity index (χ4n) is 6.79. The van der Waals surface area contributed by atoms with Crippen LogP contribution in [0.2, 0.25) is 0 Å². The van der Waals surface area contributed by atoms with Gasteiger partial charge in [0.1, 0.15) is 0 Å². The minimum absolute atomic E-state index is 0.164. The molecular formula is C43H36N2O6. The van der Waals surface area contributed by atoms with Crippen LogP contribution < -0.4 is 29.6 Å². The van der Waals surface area contributed by atoms with Crippen molar-refractivity contribution in [2.24, 2.45) is 0 Å². The van der Waals surface area contributed by atoms with Crippen molar-refractivity contribution in [3.63, 3.8) is 0 Å². The molecule has 0 fully saturated rings. The number of para-hydroxylation sites is 4. The number of carbonyl (C=O) groups is 2. The Bertz CT molecular complexity index is 2020. The third-order valence-electron chi connectivity index (χ3n) is 9.01. The van der Waals surface area contributed by atoms with Crippen molar-refractivity contribution < 1.29 is 28.5 Å². The van der Waals surface area contributed by atoms with Gasteiger partial charge in [0.25, 0.3) is 11.8 Å². The van der Waals surface area contributed by atoms with Gasteiger partial charge in [0.2, 0.25) is 0 Å². The molecule has 0 atom stereocenters. The summed E-state index contributed by atoms with van der Waals surface area (Å²) in [6.45, 7) is -0.329. The van der Waals surface area contributed by atoms with Crippen molar-refractivity contribution >= 4 is 23.2 Å². The van der Waals surface area contributed by atoms with E-state index in [0.29, 0.717) is 34.4 Å². The lowest BCUT2D eigenvalue weighted by Crippen LogP contribution is -2.28. The van der Waals surface area contributed by atoms with E-state index in [1.165, 1.54) is 0 Å². The van der Waals surface area contributed by atoms with Crippen molar-refractivity contribution in [3.8, 4) is 34.1 Å². The maximum atomic E-state index is 12.9. The maximum Gasteiger partial charge on any atom is 0.262 e. The monoisotopic (exact) mass is 676 g/mol. The Morgan fingerprint density at radius 2 is 0.824 bits per heavy atom. The molecule has 51 heavy (non-hydrogen) atoms. The molecule has 0 saturated carbocycles. The van der Waals surface area contributed by atoms with Crippen LogP contribution in [0.3, 0.4) is 0 Å². The minimum Gasteiger partial charge on any atom is -0.493 e. The van der Waals surface area contributed by atoms with Gasteiger partial charge in [0.05, 0.1) is 19.6 Å². The molecule has 0 bridgehead atoms.